The Hall–Kier alpha value is -0.710. The van der Waals surface area contributed by atoms with Gasteiger partial charge in [-0.15, -0.1) is 0 Å². The predicted octanol–water partition coefficient (Wildman–Crippen LogP) is 5.44. The Labute approximate surface area is 135 Å². The Balaban J connectivity index is 2.44. The molecule has 20 heavy (non-hydrogen) atoms. The lowest BCUT2D eigenvalue weighted by Gasteiger charge is -2.21. The fourth-order valence-corrected chi connectivity index (χ4v) is 3.40. The lowest BCUT2D eigenvalue weighted by molar-refractivity contribution is 0.545. The summed E-state index contributed by atoms with van der Waals surface area (Å²) in [5.41, 5.74) is 1.70. The molecule has 1 nitrogen and oxygen atoms in total. The third kappa shape index (κ3) is 3.68. The number of halogens is 3. The summed E-state index contributed by atoms with van der Waals surface area (Å²) in [5, 5.41) is 3.42. The summed E-state index contributed by atoms with van der Waals surface area (Å²) in [6.45, 7) is 2.93. The summed E-state index contributed by atoms with van der Waals surface area (Å²) in [4.78, 5) is 0. The van der Waals surface area contributed by atoms with E-state index in [-0.39, 0.29) is 11.9 Å². The topological polar surface area (TPSA) is 12.0 Å². The minimum atomic E-state index is -0.184. The first-order valence-electron chi connectivity index (χ1n) is 6.56. The van der Waals surface area contributed by atoms with Crippen LogP contribution in [-0.4, -0.2) is 6.54 Å². The molecule has 0 saturated heterocycles. The molecule has 0 heterocycles. The van der Waals surface area contributed by atoms with Crippen LogP contribution < -0.4 is 5.32 Å². The Morgan fingerprint density at radius 1 is 1.10 bits per heavy atom. The Bertz CT molecular complexity index is 586. The van der Waals surface area contributed by atoms with Crippen molar-refractivity contribution in [1.82, 2.24) is 5.32 Å². The third-order valence-corrected chi connectivity index (χ3v) is 4.27. The minimum Gasteiger partial charge on any atom is -0.306 e. The number of rotatable bonds is 5. The first-order chi connectivity index (χ1) is 9.63. The Morgan fingerprint density at radius 3 is 2.50 bits per heavy atom. The first-order valence-corrected chi connectivity index (χ1v) is 8.15. The van der Waals surface area contributed by atoms with Crippen LogP contribution in [-0.2, 0) is 0 Å². The van der Waals surface area contributed by atoms with E-state index in [1.807, 2.05) is 30.3 Å². The van der Waals surface area contributed by atoms with E-state index in [2.05, 4.69) is 44.1 Å². The molecule has 0 amide bonds. The number of hydrogen-bond acceptors (Lipinski definition) is 1. The molecule has 0 aliphatic carbocycles. The molecule has 106 valence electrons. The van der Waals surface area contributed by atoms with Gasteiger partial charge in [-0.05, 0) is 36.7 Å². The van der Waals surface area contributed by atoms with E-state index in [1.54, 1.807) is 6.07 Å². The highest BCUT2D eigenvalue weighted by molar-refractivity contribution is 9.11. The molecule has 2 rings (SSSR count). The van der Waals surface area contributed by atoms with E-state index in [0.29, 0.717) is 5.56 Å². The van der Waals surface area contributed by atoms with Gasteiger partial charge >= 0.3 is 0 Å². The van der Waals surface area contributed by atoms with Gasteiger partial charge in [-0.25, -0.2) is 4.39 Å². The molecular formula is C16H16Br2FN. The molecular weight excluding hydrogens is 385 g/mol. The second kappa shape index (κ2) is 7.34. The molecule has 1 N–H and O–H groups in total. The first kappa shape index (κ1) is 15.7. The Morgan fingerprint density at radius 2 is 1.85 bits per heavy atom. The van der Waals surface area contributed by atoms with Crippen LogP contribution in [0.25, 0.3) is 0 Å². The highest BCUT2D eigenvalue weighted by atomic mass is 79.9. The molecule has 0 fully saturated rings. The van der Waals surface area contributed by atoms with Crippen LogP contribution in [0.3, 0.4) is 0 Å². The van der Waals surface area contributed by atoms with Crippen molar-refractivity contribution in [2.45, 2.75) is 19.4 Å². The molecule has 0 spiro atoms. The average molecular weight is 401 g/mol. The number of nitrogens with one attached hydrogen (secondary N) is 1. The SMILES string of the molecule is CCCNC(c1ccccc1F)c1ccc(Br)cc1Br. The van der Waals surface area contributed by atoms with Gasteiger partial charge in [0.25, 0.3) is 0 Å². The molecule has 1 atom stereocenters. The van der Waals surface area contributed by atoms with Gasteiger partial charge in [0.05, 0.1) is 6.04 Å². The van der Waals surface area contributed by atoms with Gasteiger partial charge in [0, 0.05) is 14.5 Å². The number of benzene rings is 2. The van der Waals surface area contributed by atoms with Crippen molar-refractivity contribution in [2.24, 2.45) is 0 Å². The van der Waals surface area contributed by atoms with E-state index < -0.39 is 0 Å². The van der Waals surface area contributed by atoms with Gasteiger partial charge in [0.2, 0.25) is 0 Å². The highest BCUT2D eigenvalue weighted by Gasteiger charge is 2.19. The van der Waals surface area contributed by atoms with Crippen LogP contribution >= 0.6 is 31.9 Å². The maximum absolute atomic E-state index is 14.1. The molecule has 4 heteroatoms. The van der Waals surface area contributed by atoms with E-state index >= 15 is 0 Å². The normalized spacial score (nSPS) is 12.4. The van der Waals surface area contributed by atoms with Gasteiger partial charge in [-0.2, -0.15) is 0 Å². The maximum atomic E-state index is 14.1. The molecule has 2 aromatic rings. The minimum absolute atomic E-state index is 0.154. The summed E-state index contributed by atoms with van der Waals surface area (Å²) in [6, 6.07) is 12.7. The van der Waals surface area contributed by atoms with Gasteiger partial charge in [-0.1, -0.05) is 63.0 Å². The van der Waals surface area contributed by atoms with Crippen molar-refractivity contribution in [3.63, 3.8) is 0 Å². The summed E-state index contributed by atoms with van der Waals surface area (Å²) >= 11 is 7.01. The zero-order chi connectivity index (χ0) is 14.5. The van der Waals surface area contributed by atoms with Crippen LogP contribution in [0.4, 0.5) is 4.39 Å². The van der Waals surface area contributed by atoms with E-state index in [0.717, 1.165) is 27.5 Å². The average Bonchev–Trinajstić information content (AvgIpc) is 2.42. The number of hydrogen-bond donors (Lipinski definition) is 1. The van der Waals surface area contributed by atoms with Crippen LogP contribution in [0.5, 0.6) is 0 Å². The zero-order valence-corrected chi connectivity index (χ0v) is 14.3. The quantitative estimate of drug-likeness (QED) is 0.704. The van der Waals surface area contributed by atoms with E-state index in [4.69, 9.17) is 0 Å². The van der Waals surface area contributed by atoms with Gasteiger partial charge < -0.3 is 5.32 Å². The summed E-state index contributed by atoms with van der Waals surface area (Å²) in [5.74, 6) is -0.184. The van der Waals surface area contributed by atoms with Crippen LogP contribution in [0.15, 0.2) is 51.4 Å². The lowest BCUT2D eigenvalue weighted by atomic mass is 9.98. The molecule has 0 aliphatic heterocycles. The van der Waals surface area contributed by atoms with Crippen molar-refractivity contribution < 1.29 is 4.39 Å². The van der Waals surface area contributed by atoms with Crippen molar-refractivity contribution in [2.75, 3.05) is 6.54 Å². The van der Waals surface area contributed by atoms with Crippen LogP contribution in [0.1, 0.15) is 30.5 Å². The Kier molecular flexibility index (Phi) is 5.75. The monoisotopic (exact) mass is 399 g/mol. The maximum Gasteiger partial charge on any atom is 0.128 e. The largest absolute Gasteiger partial charge is 0.306 e. The smallest absolute Gasteiger partial charge is 0.128 e. The second-order valence-electron chi connectivity index (χ2n) is 4.57. The summed E-state index contributed by atoms with van der Waals surface area (Å²) in [7, 11) is 0. The van der Waals surface area contributed by atoms with Gasteiger partial charge in [-0.3, -0.25) is 0 Å². The van der Waals surface area contributed by atoms with Gasteiger partial charge in [0.15, 0.2) is 0 Å². The highest BCUT2D eigenvalue weighted by Crippen LogP contribution is 2.32. The molecule has 0 saturated carbocycles. The van der Waals surface area contributed by atoms with Crippen LogP contribution in [0.2, 0.25) is 0 Å². The lowest BCUT2D eigenvalue weighted by Crippen LogP contribution is -2.24. The molecule has 0 aromatic heterocycles. The summed E-state index contributed by atoms with van der Waals surface area (Å²) < 4.78 is 16.1. The second-order valence-corrected chi connectivity index (χ2v) is 6.34. The van der Waals surface area contributed by atoms with Crippen LogP contribution in [0, 0.1) is 5.82 Å². The van der Waals surface area contributed by atoms with E-state index in [9.17, 15) is 4.39 Å². The van der Waals surface area contributed by atoms with Gasteiger partial charge in [0.1, 0.15) is 5.82 Å². The standard InChI is InChI=1S/C16H16Br2FN/c1-2-9-20-16(13-5-3-4-6-15(13)19)12-8-7-11(17)10-14(12)18/h3-8,10,16,20H,2,9H2,1H3. The van der Waals surface area contributed by atoms with Crippen molar-refractivity contribution in [3.05, 3.63) is 68.4 Å². The summed E-state index contributed by atoms with van der Waals surface area (Å²) in [6.07, 6.45) is 0.999. The predicted molar refractivity (Wildman–Crippen MR) is 88.4 cm³/mol. The molecule has 2 aromatic carbocycles. The molecule has 0 radical (unpaired) electrons. The fourth-order valence-electron chi connectivity index (χ4n) is 2.12. The van der Waals surface area contributed by atoms with Crippen molar-refractivity contribution >= 4 is 31.9 Å². The van der Waals surface area contributed by atoms with Crippen molar-refractivity contribution in [1.29, 1.82) is 0 Å². The zero-order valence-electron chi connectivity index (χ0n) is 11.2. The third-order valence-electron chi connectivity index (χ3n) is 3.09. The van der Waals surface area contributed by atoms with Crippen molar-refractivity contribution in [3.8, 4) is 0 Å². The molecule has 0 bridgehead atoms. The molecule has 1 unspecified atom stereocenters. The fraction of sp³-hybridized carbons (Fsp3) is 0.250. The molecule has 0 aliphatic rings. The van der Waals surface area contributed by atoms with E-state index in [1.165, 1.54) is 6.07 Å².